The van der Waals surface area contributed by atoms with Crippen LogP contribution in [0.5, 0.6) is 17.5 Å². The third-order valence-corrected chi connectivity index (χ3v) is 4.22. The monoisotopic (exact) mass is 427 g/mol. The van der Waals surface area contributed by atoms with E-state index in [1.165, 1.54) is 6.20 Å². The number of aryl methyl sites for hydroxylation is 2. The zero-order valence-electron chi connectivity index (χ0n) is 16.3. The molecule has 8 nitrogen and oxygen atoms in total. The number of aromatic nitrogens is 3. The van der Waals surface area contributed by atoms with E-state index in [1.807, 2.05) is 0 Å². The zero-order chi connectivity index (χ0) is 22.1. The maximum absolute atomic E-state index is 13.3. The summed E-state index contributed by atoms with van der Waals surface area (Å²) in [4.78, 5) is 23.2. The molecule has 158 valence electrons. The molecule has 0 fully saturated rings. The maximum atomic E-state index is 13.3. The van der Waals surface area contributed by atoms with E-state index in [0.717, 1.165) is 18.2 Å². The first-order chi connectivity index (χ1) is 14.8. The molecule has 31 heavy (non-hydrogen) atoms. The second-order valence-electron chi connectivity index (χ2n) is 6.69. The Morgan fingerprint density at radius 1 is 1.06 bits per heavy atom. The minimum atomic E-state index is -1.07. The molecule has 0 saturated heterocycles. The van der Waals surface area contributed by atoms with Crippen molar-refractivity contribution in [3.63, 3.8) is 0 Å². The highest BCUT2D eigenvalue weighted by Gasteiger charge is 2.16. The second kappa shape index (κ2) is 7.98. The number of carboxylic acids is 1. The Morgan fingerprint density at radius 3 is 2.39 bits per heavy atom. The quantitative estimate of drug-likeness (QED) is 0.481. The van der Waals surface area contributed by atoms with Gasteiger partial charge in [0.15, 0.2) is 6.61 Å². The lowest BCUT2D eigenvalue weighted by molar-refractivity contribution is -0.139. The molecule has 0 atom stereocenters. The Hall–Kier alpha value is -4.08. The summed E-state index contributed by atoms with van der Waals surface area (Å²) in [5.41, 5.74) is 2.53. The van der Waals surface area contributed by atoms with Gasteiger partial charge in [0.05, 0.1) is 6.20 Å². The van der Waals surface area contributed by atoms with Crippen LogP contribution in [0.2, 0.25) is 0 Å². The third-order valence-electron chi connectivity index (χ3n) is 4.22. The first-order valence-electron chi connectivity index (χ1n) is 9.02. The van der Waals surface area contributed by atoms with E-state index in [0.29, 0.717) is 28.0 Å². The van der Waals surface area contributed by atoms with Gasteiger partial charge in [-0.25, -0.2) is 23.5 Å². The van der Waals surface area contributed by atoms with Gasteiger partial charge in [0.2, 0.25) is 5.89 Å². The van der Waals surface area contributed by atoms with Gasteiger partial charge >= 0.3 is 12.0 Å². The van der Waals surface area contributed by atoms with E-state index < -0.39 is 24.2 Å². The van der Waals surface area contributed by atoms with E-state index in [1.54, 1.807) is 26.0 Å². The molecule has 2 aromatic heterocycles. The van der Waals surface area contributed by atoms with Crippen LogP contribution in [-0.4, -0.2) is 32.6 Å². The summed E-state index contributed by atoms with van der Waals surface area (Å²) in [6.07, 6.45) is 1.37. The number of nitrogens with zero attached hydrogens (tertiary/aromatic N) is 3. The standard InChI is InChI=1S/C21H15F2N3O5/c1-10-3-12(4-11(2)18(10)29-9-17(27)28)19-25-16-8-24-21(26-20(16)31-19)30-15-6-13(22)5-14(23)7-15/h3-8H,9H2,1-2H3,(H,27,28). The normalized spacial score (nSPS) is 11.0. The van der Waals surface area contributed by atoms with Crippen LogP contribution < -0.4 is 9.47 Å². The van der Waals surface area contributed by atoms with Gasteiger partial charge in [-0.1, -0.05) is 0 Å². The van der Waals surface area contributed by atoms with Crippen molar-refractivity contribution >= 4 is 17.2 Å². The van der Waals surface area contributed by atoms with E-state index in [4.69, 9.17) is 19.0 Å². The summed E-state index contributed by atoms with van der Waals surface area (Å²) >= 11 is 0. The molecular formula is C21H15F2N3O5. The van der Waals surface area contributed by atoms with Crippen molar-refractivity contribution in [2.75, 3.05) is 6.61 Å². The second-order valence-corrected chi connectivity index (χ2v) is 6.69. The number of ether oxygens (including phenoxy) is 2. The third kappa shape index (κ3) is 4.42. The van der Waals surface area contributed by atoms with Gasteiger partial charge in [-0.3, -0.25) is 0 Å². The predicted molar refractivity (Wildman–Crippen MR) is 104 cm³/mol. The molecule has 0 bridgehead atoms. The Kier molecular flexibility index (Phi) is 5.20. The number of rotatable bonds is 6. The lowest BCUT2D eigenvalue weighted by atomic mass is 10.1. The number of hydrogen-bond acceptors (Lipinski definition) is 7. The van der Waals surface area contributed by atoms with Crippen LogP contribution in [0.25, 0.3) is 22.7 Å². The van der Waals surface area contributed by atoms with Crippen LogP contribution in [0.4, 0.5) is 8.78 Å². The van der Waals surface area contributed by atoms with E-state index in [-0.39, 0.29) is 23.4 Å². The molecule has 0 aliphatic rings. The summed E-state index contributed by atoms with van der Waals surface area (Å²) < 4.78 is 43.0. The van der Waals surface area contributed by atoms with Crippen LogP contribution in [0, 0.1) is 25.5 Å². The highest BCUT2D eigenvalue weighted by molar-refractivity contribution is 5.73. The van der Waals surface area contributed by atoms with Gasteiger partial charge in [0.25, 0.3) is 5.71 Å². The molecule has 4 aromatic rings. The summed E-state index contributed by atoms with van der Waals surface area (Å²) in [5, 5.41) is 8.80. The van der Waals surface area contributed by atoms with Crippen LogP contribution in [-0.2, 0) is 4.79 Å². The van der Waals surface area contributed by atoms with Gasteiger partial charge < -0.3 is 19.0 Å². The smallest absolute Gasteiger partial charge is 0.341 e. The van der Waals surface area contributed by atoms with Crippen molar-refractivity contribution in [3.05, 3.63) is 59.3 Å². The molecule has 10 heteroatoms. The number of oxazole rings is 1. The summed E-state index contributed by atoms with van der Waals surface area (Å²) in [6.45, 7) is 3.11. The van der Waals surface area contributed by atoms with Gasteiger partial charge in [0, 0.05) is 23.8 Å². The zero-order valence-corrected chi connectivity index (χ0v) is 16.3. The number of aliphatic carboxylic acids is 1. The molecule has 0 aliphatic carbocycles. The van der Waals surface area contributed by atoms with Crippen molar-refractivity contribution < 1.29 is 32.6 Å². The lowest BCUT2D eigenvalue weighted by Crippen LogP contribution is -2.10. The Balaban J connectivity index is 1.63. The average molecular weight is 427 g/mol. The minimum Gasteiger partial charge on any atom is -0.481 e. The topological polar surface area (TPSA) is 108 Å². The molecule has 0 aliphatic heterocycles. The van der Waals surface area contributed by atoms with Crippen molar-refractivity contribution in [1.82, 2.24) is 15.0 Å². The van der Waals surface area contributed by atoms with Crippen molar-refractivity contribution in [2.45, 2.75) is 13.8 Å². The fraction of sp³-hybridized carbons (Fsp3) is 0.143. The molecular weight excluding hydrogens is 412 g/mol. The number of halogens is 2. The highest BCUT2D eigenvalue weighted by atomic mass is 19.1. The molecule has 0 saturated carbocycles. The Bertz CT molecular complexity index is 1260. The molecule has 0 spiro atoms. The molecule has 2 heterocycles. The number of fused-ring (bicyclic) bond motifs is 1. The fourth-order valence-electron chi connectivity index (χ4n) is 3.02. The number of carboxylic acid groups (broad SMARTS) is 1. The fourth-order valence-corrected chi connectivity index (χ4v) is 3.02. The van der Waals surface area contributed by atoms with Crippen molar-refractivity contribution in [3.8, 4) is 29.0 Å². The first kappa shape index (κ1) is 20.2. The predicted octanol–water partition coefficient (Wildman–Crippen LogP) is 4.44. The van der Waals surface area contributed by atoms with Crippen molar-refractivity contribution in [2.24, 2.45) is 0 Å². The number of hydrogen-bond donors (Lipinski definition) is 1. The van der Waals surface area contributed by atoms with Gasteiger partial charge in [0.1, 0.15) is 28.7 Å². The lowest BCUT2D eigenvalue weighted by Gasteiger charge is -2.11. The van der Waals surface area contributed by atoms with Gasteiger partial charge in [-0.15, -0.1) is 0 Å². The van der Waals surface area contributed by atoms with Crippen molar-refractivity contribution in [1.29, 1.82) is 0 Å². The summed E-state index contributed by atoms with van der Waals surface area (Å²) in [6, 6.07) is 6.06. The van der Waals surface area contributed by atoms with E-state index in [2.05, 4.69) is 15.0 Å². The molecule has 4 rings (SSSR count). The summed E-state index contributed by atoms with van der Waals surface area (Å²) in [5.74, 6) is -2.02. The van der Waals surface area contributed by atoms with Gasteiger partial charge in [-0.2, -0.15) is 4.98 Å². The van der Waals surface area contributed by atoms with E-state index >= 15 is 0 Å². The van der Waals surface area contributed by atoms with E-state index in [9.17, 15) is 13.6 Å². The number of benzene rings is 2. The summed E-state index contributed by atoms with van der Waals surface area (Å²) in [7, 11) is 0. The van der Waals surface area contributed by atoms with Crippen LogP contribution in [0.3, 0.4) is 0 Å². The molecule has 1 N–H and O–H groups in total. The Morgan fingerprint density at radius 2 is 1.74 bits per heavy atom. The molecule has 0 unspecified atom stereocenters. The molecule has 0 amide bonds. The Labute approximate surface area is 174 Å². The van der Waals surface area contributed by atoms with Crippen LogP contribution in [0.1, 0.15) is 11.1 Å². The highest BCUT2D eigenvalue weighted by Crippen LogP contribution is 2.31. The largest absolute Gasteiger partial charge is 0.481 e. The number of carbonyl (C=O) groups is 1. The van der Waals surface area contributed by atoms with Crippen LogP contribution in [0.15, 0.2) is 40.9 Å². The maximum Gasteiger partial charge on any atom is 0.341 e. The van der Waals surface area contributed by atoms with Crippen LogP contribution >= 0.6 is 0 Å². The molecule has 2 aromatic carbocycles. The first-order valence-corrected chi connectivity index (χ1v) is 9.02. The average Bonchev–Trinajstić information content (AvgIpc) is 3.09. The molecule has 0 radical (unpaired) electrons. The minimum absolute atomic E-state index is 0.0974. The van der Waals surface area contributed by atoms with Gasteiger partial charge in [-0.05, 0) is 37.1 Å². The SMILES string of the molecule is Cc1cc(-c2nc3cnc(Oc4cc(F)cc(F)c4)nc3o2)cc(C)c1OCC(=O)O.